The zero-order chi connectivity index (χ0) is 16.5. The van der Waals surface area contributed by atoms with E-state index in [1.807, 2.05) is 22.2 Å². The lowest BCUT2D eigenvalue weighted by Gasteiger charge is -2.03. The lowest BCUT2D eigenvalue weighted by atomic mass is 10.1. The van der Waals surface area contributed by atoms with Crippen LogP contribution in [0.15, 0.2) is 46.6 Å². The highest BCUT2D eigenvalue weighted by Crippen LogP contribution is 2.17. The molecule has 0 unspecified atom stereocenters. The predicted octanol–water partition coefficient (Wildman–Crippen LogP) is 2.68. The minimum absolute atomic E-state index is 0.153. The number of amides is 1. The Balaban J connectivity index is 1.43. The Kier molecular flexibility index (Phi) is 3.58. The quantitative estimate of drug-likeness (QED) is 0.618. The summed E-state index contributed by atoms with van der Waals surface area (Å²) in [4.78, 5) is 21.7. The molecule has 0 saturated carbocycles. The molecule has 4 aromatic rings. The van der Waals surface area contributed by atoms with Gasteiger partial charge in [-0.1, -0.05) is 5.16 Å². The first kappa shape index (κ1) is 14.6. The molecule has 0 saturated heterocycles. The smallest absolute Gasteiger partial charge is 0.257 e. The van der Waals surface area contributed by atoms with E-state index in [9.17, 15) is 4.79 Å². The standard InChI is InChI=1S/C16H13N5O2S/c1-10-18-15(23-20-10)12-4-2-11(3-5-12)14(22)17-8-13-9-21-6-7-24-16(21)19-13/h2-7,9H,8H2,1H3,(H,17,22). The maximum absolute atomic E-state index is 12.2. The number of nitrogens with one attached hydrogen (secondary N) is 1. The molecule has 0 fully saturated rings. The number of carbonyl (C=O) groups excluding carboxylic acids is 1. The van der Waals surface area contributed by atoms with Crippen molar-refractivity contribution < 1.29 is 9.32 Å². The maximum atomic E-state index is 12.2. The van der Waals surface area contributed by atoms with E-state index in [-0.39, 0.29) is 5.91 Å². The van der Waals surface area contributed by atoms with Crippen molar-refractivity contribution in [3.05, 3.63) is 59.1 Å². The first-order valence-electron chi connectivity index (χ1n) is 7.29. The van der Waals surface area contributed by atoms with Crippen LogP contribution in [0.25, 0.3) is 16.4 Å². The van der Waals surface area contributed by atoms with E-state index in [4.69, 9.17) is 4.52 Å². The van der Waals surface area contributed by atoms with Gasteiger partial charge in [-0.2, -0.15) is 4.98 Å². The van der Waals surface area contributed by atoms with Gasteiger partial charge in [-0.05, 0) is 31.2 Å². The number of carbonyl (C=O) groups is 1. The topological polar surface area (TPSA) is 85.3 Å². The molecular formula is C16H13N5O2S. The van der Waals surface area contributed by atoms with Gasteiger partial charge in [0.2, 0.25) is 0 Å². The number of imidazole rings is 1. The van der Waals surface area contributed by atoms with E-state index < -0.39 is 0 Å². The first-order chi connectivity index (χ1) is 11.7. The fourth-order valence-corrected chi connectivity index (χ4v) is 3.03. The molecule has 1 amide bonds. The SMILES string of the molecule is Cc1noc(-c2ccc(C(=O)NCc3cn4ccsc4n3)cc2)n1. The van der Waals surface area contributed by atoms with Crippen LogP contribution in [-0.4, -0.2) is 25.4 Å². The molecule has 0 aliphatic rings. The van der Waals surface area contributed by atoms with Gasteiger partial charge in [-0.3, -0.25) is 9.20 Å². The van der Waals surface area contributed by atoms with Crippen molar-refractivity contribution in [2.45, 2.75) is 13.5 Å². The number of hydrogen-bond donors (Lipinski definition) is 1. The van der Waals surface area contributed by atoms with Crippen LogP contribution in [0.1, 0.15) is 21.9 Å². The molecule has 0 aliphatic carbocycles. The van der Waals surface area contributed by atoms with Crippen LogP contribution in [0.2, 0.25) is 0 Å². The molecule has 1 N–H and O–H groups in total. The second-order valence-corrected chi connectivity index (χ2v) is 6.10. The Hall–Kier alpha value is -3.00. The van der Waals surface area contributed by atoms with Gasteiger partial charge >= 0.3 is 0 Å². The third-order valence-electron chi connectivity index (χ3n) is 3.49. The van der Waals surface area contributed by atoms with Crippen molar-refractivity contribution in [2.24, 2.45) is 0 Å². The number of benzene rings is 1. The molecule has 8 heteroatoms. The Morgan fingerprint density at radius 1 is 1.29 bits per heavy atom. The second kappa shape index (κ2) is 5.89. The van der Waals surface area contributed by atoms with Crippen LogP contribution in [0.4, 0.5) is 0 Å². The molecule has 4 rings (SSSR count). The number of thiazole rings is 1. The minimum atomic E-state index is -0.153. The van der Waals surface area contributed by atoms with Gasteiger partial charge in [0, 0.05) is 28.9 Å². The van der Waals surface area contributed by atoms with E-state index in [0.29, 0.717) is 23.8 Å². The zero-order valence-electron chi connectivity index (χ0n) is 12.8. The monoisotopic (exact) mass is 339 g/mol. The predicted molar refractivity (Wildman–Crippen MR) is 88.7 cm³/mol. The van der Waals surface area contributed by atoms with E-state index in [2.05, 4.69) is 20.4 Å². The van der Waals surface area contributed by atoms with Crippen molar-refractivity contribution in [3.63, 3.8) is 0 Å². The van der Waals surface area contributed by atoms with Gasteiger partial charge in [0.1, 0.15) is 0 Å². The minimum Gasteiger partial charge on any atom is -0.346 e. The fraction of sp³-hybridized carbons (Fsp3) is 0.125. The Bertz CT molecular complexity index is 971. The summed E-state index contributed by atoms with van der Waals surface area (Å²) < 4.78 is 7.04. The van der Waals surface area contributed by atoms with Crippen LogP contribution in [0, 0.1) is 6.92 Å². The maximum Gasteiger partial charge on any atom is 0.257 e. The average molecular weight is 339 g/mol. The summed E-state index contributed by atoms with van der Waals surface area (Å²) in [5.41, 5.74) is 2.17. The lowest BCUT2D eigenvalue weighted by Crippen LogP contribution is -2.22. The third kappa shape index (κ3) is 2.79. The highest BCUT2D eigenvalue weighted by atomic mass is 32.1. The van der Waals surface area contributed by atoms with Crippen LogP contribution >= 0.6 is 11.3 Å². The molecule has 0 radical (unpaired) electrons. The molecule has 0 bridgehead atoms. The molecule has 0 atom stereocenters. The third-order valence-corrected chi connectivity index (χ3v) is 4.27. The number of fused-ring (bicyclic) bond motifs is 1. The van der Waals surface area contributed by atoms with Gasteiger partial charge in [-0.25, -0.2) is 4.98 Å². The van der Waals surface area contributed by atoms with Gasteiger partial charge < -0.3 is 9.84 Å². The Morgan fingerprint density at radius 3 is 2.83 bits per heavy atom. The fourth-order valence-electron chi connectivity index (χ4n) is 2.31. The second-order valence-electron chi connectivity index (χ2n) is 5.23. The number of aromatic nitrogens is 4. The molecule has 3 heterocycles. The van der Waals surface area contributed by atoms with E-state index in [0.717, 1.165) is 16.2 Å². The molecule has 3 aromatic heterocycles. The lowest BCUT2D eigenvalue weighted by molar-refractivity contribution is 0.0950. The number of aryl methyl sites for hydroxylation is 1. The molecule has 1 aromatic carbocycles. The average Bonchev–Trinajstić information content (AvgIpc) is 3.28. The molecular weight excluding hydrogens is 326 g/mol. The van der Waals surface area contributed by atoms with Crippen LogP contribution < -0.4 is 5.32 Å². The van der Waals surface area contributed by atoms with Gasteiger partial charge in [0.25, 0.3) is 11.8 Å². The normalized spacial score (nSPS) is 11.0. The van der Waals surface area contributed by atoms with Crippen LogP contribution in [0.5, 0.6) is 0 Å². The van der Waals surface area contributed by atoms with E-state index >= 15 is 0 Å². The summed E-state index contributed by atoms with van der Waals surface area (Å²) in [5.74, 6) is 0.865. The summed E-state index contributed by atoms with van der Waals surface area (Å²) >= 11 is 1.56. The molecule has 120 valence electrons. The van der Waals surface area contributed by atoms with Crippen molar-refractivity contribution >= 4 is 22.2 Å². The highest BCUT2D eigenvalue weighted by Gasteiger charge is 2.10. The van der Waals surface area contributed by atoms with Crippen molar-refractivity contribution in [1.29, 1.82) is 0 Å². The summed E-state index contributed by atoms with van der Waals surface area (Å²) in [5, 5.41) is 8.59. The zero-order valence-corrected chi connectivity index (χ0v) is 13.6. The summed E-state index contributed by atoms with van der Waals surface area (Å²) in [7, 11) is 0. The van der Waals surface area contributed by atoms with Gasteiger partial charge in [0.05, 0.1) is 12.2 Å². The number of hydrogen-bond acceptors (Lipinski definition) is 6. The van der Waals surface area contributed by atoms with Gasteiger partial charge in [0.15, 0.2) is 10.8 Å². The molecule has 0 aliphatic heterocycles. The highest BCUT2D eigenvalue weighted by molar-refractivity contribution is 7.15. The van der Waals surface area contributed by atoms with E-state index in [1.54, 1.807) is 42.5 Å². The van der Waals surface area contributed by atoms with Crippen molar-refractivity contribution in [2.75, 3.05) is 0 Å². The first-order valence-corrected chi connectivity index (χ1v) is 8.17. The number of rotatable bonds is 4. The van der Waals surface area contributed by atoms with Crippen LogP contribution in [-0.2, 0) is 6.54 Å². The van der Waals surface area contributed by atoms with E-state index in [1.165, 1.54) is 0 Å². The van der Waals surface area contributed by atoms with Crippen LogP contribution in [0.3, 0.4) is 0 Å². The largest absolute Gasteiger partial charge is 0.346 e. The van der Waals surface area contributed by atoms with Crippen molar-refractivity contribution in [3.8, 4) is 11.5 Å². The summed E-state index contributed by atoms with van der Waals surface area (Å²) in [6.45, 7) is 2.15. The van der Waals surface area contributed by atoms with Gasteiger partial charge in [-0.15, -0.1) is 11.3 Å². The summed E-state index contributed by atoms with van der Waals surface area (Å²) in [6, 6.07) is 7.04. The molecule has 24 heavy (non-hydrogen) atoms. The number of nitrogens with zero attached hydrogens (tertiary/aromatic N) is 4. The summed E-state index contributed by atoms with van der Waals surface area (Å²) in [6.07, 6.45) is 3.85. The molecule has 0 spiro atoms. The van der Waals surface area contributed by atoms with Crippen molar-refractivity contribution in [1.82, 2.24) is 24.8 Å². The Labute approximate surface area is 141 Å². The molecule has 7 nitrogen and oxygen atoms in total. The Morgan fingerprint density at radius 2 is 2.12 bits per heavy atom.